The second kappa shape index (κ2) is 4.34. The molecule has 0 atom stereocenters. The maximum Gasteiger partial charge on any atom is 0.238 e. The number of hydrogen-bond acceptors (Lipinski definition) is 4. The quantitative estimate of drug-likeness (QED) is 0.384. The zero-order valence-corrected chi connectivity index (χ0v) is 7.14. The summed E-state index contributed by atoms with van der Waals surface area (Å²) in [6.45, 7) is 3.51. The molecular weight excluding hydrogens is 172 g/mol. The predicted molar refractivity (Wildman–Crippen MR) is 45.5 cm³/mol. The Balaban J connectivity index is 2.46. The van der Waals surface area contributed by atoms with Crippen molar-refractivity contribution in [1.29, 1.82) is 0 Å². The van der Waals surface area contributed by atoms with Crippen LogP contribution >= 0.6 is 0 Å². The van der Waals surface area contributed by atoms with Crippen LogP contribution in [0.3, 0.4) is 0 Å². The van der Waals surface area contributed by atoms with Crippen LogP contribution in [0.5, 0.6) is 0 Å². The molecule has 4 N–H and O–H groups in total. The molecule has 1 aliphatic heterocycles. The van der Waals surface area contributed by atoms with Crippen molar-refractivity contribution in [3.8, 4) is 0 Å². The fourth-order valence-corrected chi connectivity index (χ4v) is 0.856. The maximum atomic E-state index is 11.0. The fourth-order valence-electron chi connectivity index (χ4n) is 0.856. The Labute approximate surface area is 75.7 Å². The minimum atomic E-state index is -0.155. The number of nitrogens with one attached hydrogen (secondary N) is 4. The van der Waals surface area contributed by atoms with E-state index >= 15 is 0 Å². The number of carbonyl (C=O) groups excluding carboxylic acids is 2. The van der Waals surface area contributed by atoms with E-state index in [-0.39, 0.29) is 11.8 Å². The molecule has 13 heavy (non-hydrogen) atoms. The number of amides is 2. The van der Waals surface area contributed by atoms with Crippen LogP contribution in [0, 0.1) is 0 Å². The van der Waals surface area contributed by atoms with Gasteiger partial charge in [0.05, 0.1) is 0 Å². The first-order valence-electron chi connectivity index (χ1n) is 3.97. The first-order chi connectivity index (χ1) is 6.18. The van der Waals surface area contributed by atoms with Gasteiger partial charge in [-0.2, -0.15) is 0 Å². The molecule has 2 amide bonds. The highest BCUT2D eigenvalue weighted by atomic mass is 16.2. The first-order valence-corrected chi connectivity index (χ1v) is 3.97. The van der Waals surface area contributed by atoms with Gasteiger partial charge in [0.1, 0.15) is 5.82 Å². The minimum absolute atomic E-state index is 0.155. The minimum Gasteiger partial charge on any atom is -0.283 e. The average molecular weight is 184 g/mol. The van der Waals surface area contributed by atoms with Crippen LogP contribution in [-0.2, 0) is 9.59 Å². The Bertz CT molecular complexity index is 217. The zero-order chi connectivity index (χ0) is 9.68. The highest BCUT2D eigenvalue weighted by Crippen LogP contribution is 1.95. The normalized spacial score (nSPS) is 19.2. The van der Waals surface area contributed by atoms with Gasteiger partial charge in [0.15, 0.2) is 0 Å². The summed E-state index contributed by atoms with van der Waals surface area (Å²) in [5, 5.41) is 0. The third-order valence-electron chi connectivity index (χ3n) is 1.51. The molecule has 0 unspecified atom stereocenters. The summed E-state index contributed by atoms with van der Waals surface area (Å²) in [5.41, 5.74) is 9.83. The molecule has 0 spiro atoms. The largest absolute Gasteiger partial charge is 0.283 e. The summed E-state index contributed by atoms with van der Waals surface area (Å²) >= 11 is 0. The number of hydrogen-bond donors (Lipinski definition) is 4. The molecule has 1 aliphatic rings. The smallest absolute Gasteiger partial charge is 0.238 e. The predicted octanol–water partition coefficient (Wildman–Crippen LogP) is -1.12. The highest BCUT2D eigenvalue weighted by molar-refractivity contribution is 5.78. The summed E-state index contributed by atoms with van der Waals surface area (Å²) in [7, 11) is 0. The Morgan fingerprint density at radius 3 is 1.85 bits per heavy atom. The molecule has 6 heteroatoms. The van der Waals surface area contributed by atoms with Crippen LogP contribution in [-0.4, -0.2) is 11.8 Å². The number of carbonyl (C=O) groups is 2. The van der Waals surface area contributed by atoms with Gasteiger partial charge in [-0.3, -0.25) is 31.3 Å². The molecule has 1 heterocycles. The van der Waals surface area contributed by atoms with Gasteiger partial charge in [0, 0.05) is 12.8 Å². The molecule has 6 nitrogen and oxygen atoms in total. The molecule has 72 valence electrons. The van der Waals surface area contributed by atoms with Crippen molar-refractivity contribution in [3.63, 3.8) is 0 Å². The molecule has 1 saturated heterocycles. The number of rotatable bonds is 0. The molecule has 0 aromatic carbocycles. The third kappa shape index (κ3) is 3.46. The summed E-state index contributed by atoms with van der Waals surface area (Å²) in [4.78, 5) is 22.0. The van der Waals surface area contributed by atoms with Gasteiger partial charge < -0.3 is 0 Å². The molecule has 0 aromatic rings. The van der Waals surface area contributed by atoms with Gasteiger partial charge in [-0.25, -0.2) is 0 Å². The number of hydrazine groups is 2. The van der Waals surface area contributed by atoms with E-state index in [4.69, 9.17) is 0 Å². The van der Waals surface area contributed by atoms with Crippen LogP contribution in [0.2, 0.25) is 0 Å². The molecule has 0 aromatic heterocycles. The van der Waals surface area contributed by atoms with Crippen molar-refractivity contribution < 1.29 is 9.59 Å². The standard InChI is InChI=1S/C7H12N4O2/c1-5-8-10-6(12)3-2-4-7(13)11-9-5/h8-9H,1-4H2,(H,10,12)(H,11,13). The van der Waals surface area contributed by atoms with Gasteiger partial charge in [-0.15, -0.1) is 0 Å². The molecular formula is C7H12N4O2. The lowest BCUT2D eigenvalue weighted by Gasteiger charge is -2.15. The Kier molecular flexibility index (Phi) is 3.13. The van der Waals surface area contributed by atoms with Gasteiger partial charge in [0.25, 0.3) is 0 Å². The third-order valence-corrected chi connectivity index (χ3v) is 1.51. The van der Waals surface area contributed by atoms with Gasteiger partial charge in [-0.1, -0.05) is 6.58 Å². The Morgan fingerprint density at radius 2 is 1.38 bits per heavy atom. The van der Waals surface area contributed by atoms with Crippen molar-refractivity contribution in [1.82, 2.24) is 21.7 Å². The van der Waals surface area contributed by atoms with E-state index in [1.54, 1.807) is 0 Å². The highest BCUT2D eigenvalue weighted by Gasteiger charge is 2.07. The molecule has 0 bridgehead atoms. The second-order valence-electron chi connectivity index (χ2n) is 2.68. The maximum absolute atomic E-state index is 11.0. The molecule has 0 radical (unpaired) electrons. The second-order valence-corrected chi connectivity index (χ2v) is 2.68. The van der Waals surface area contributed by atoms with E-state index in [1.165, 1.54) is 0 Å². The van der Waals surface area contributed by atoms with Crippen LogP contribution in [0.4, 0.5) is 0 Å². The van der Waals surface area contributed by atoms with Crippen molar-refractivity contribution >= 4 is 11.8 Å². The molecule has 0 aliphatic carbocycles. The molecule has 1 fully saturated rings. The van der Waals surface area contributed by atoms with Crippen LogP contribution in [0.1, 0.15) is 19.3 Å². The van der Waals surface area contributed by atoms with Gasteiger partial charge in [-0.05, 0) is 6.42 Å². The average Bonchev–Trinajstić information content (AvgIpc) is 2.10. The Hall–Kier alpha value is -1.72. The summed E-state index contributed by atoms with van der Waals surface area (Å²) in [6, 6.07) is 0. The fraction of sp³-hybridized carbons (Fsp3) is 0.429. The summed E-state index contributed by atoms with van der Waals surface area (Å²) in [5.74, 6) is 0.0129. The van der Waals surface area contributed by atoms with Gasteiger partial charge >= 0.3 is 0 Å². The summed E-state index contributed by atoms with van der Waals surface area (Å²) in [6.07, 6.45) is 1.19. The molecule has 1 rings (SSSR count). The van der Waals surface area contributed by atoms with E-state index in [2.05, 4.69) is 28.3 Å². The first kappa shape index (κ1) is 9.37. The van der Waals surface area contributed by atoms with Crippen molar-refractivity contribution in [2.45, 2.75) is 19.3 Å². The van der Waals surface area contributed by atoms with E-state index in [0.717, 1.165) is 0 Å². The SMILES string of the molecule is C=C1NNC(=O)CCCC(=O)NN1. The van der Waals surface area contributed by atoms with Crippen LogP contribution in [0.25, 0.3) is 0 Å². The van der Waals surface area contributed by atoms with Crippen LogP contribution in [0.15, 0.2) is 12.4 Å². The van der Waals surface area contributed by atoms with Crippen LogP contribution < -0.4 is 21.7 Å². The Morgan fingerprint density at radius 1 is 0.923 bits per heavy atom. The molecule has 0 saturated carbocycles. The van der Waals surface area contributed by atoms with Crippen molar-refractivity contribution in [2.24, 2.45) is 0 Å². The van der Waals surface area contributed by atoms with E-state index in [0.29, 0.717) is 25.1 Å². The topological polar surface area (TPSA) is 82.3 Å². The van der Waals surface area contributed by atoms with E-state index in [1.807, 2.05) is 0 Å². The van der Waals surface area contributed by atoms with E-state index < -0.39 is 0 Å². The van der Waals surface area contributed by atoms with Crippen molar-refractivity contribution in [3.05, 3.63) is 12.4 Å². The van der Waals surface area contributed by atoms with E-state index in [9.17, 15) is 9.59 Å². The lowest BCUT2D eigenvalue weighted by Crippen LogP contribution is -2.47. The van der Waals surface area contributed by atoms with Crippen molar-refractivity contribution in [2.75, 3.05) is 0 Å². The zero-order valence-electron chi connectivity index (χ0n) is 7.14. The lowest BCUT2D eigenvalue weighted by atomic mass is 10.2. The monoisotopic (exact) mass is 184 g/mol. The summed E-state index contributed by atoms with van der Waals surface area (Å²) < 4.78 is 0. The van der Waals surface area contributed by atoms with Gasteiger partial charge in [0.2, 0.25) is 11.8 Å². The lowest BCUT2D eigenvalue weighted by molar-refractivity contribution is -0.123.